The first-order valence-electron chi connectivity index (χ1n) is 7.12. The molecule has 0 saturated carbocycles. The Morgan fingerprint density at radius 2 is 2.10 bits per heavy atom. The van der Waals surface area contributed by atoms with Crippen LogP contribution in [0.1, 0.15) is 29.3 Å². The van der Waals surface area contributed by atoms with Crippen molar-refractivity contribution in [1.82, 2.24) is 4.98 Å². The Morgan fingerprint density at radius 1 is 1.29 bits per heavy atom. The van der Waals surface area contributed by atoms with Gasteiger partial charge in [-0.15, -0.1) is 0 Å². The normalized spacial score (nSPS) is 17.2. The molecule has 4 heteroatoms. The van der Waals surface area contributed by atoms with Crippen LogP contribution >= 0.6 is 0 Å². The number of para-hydroxylation sites is 1. The van der Waals surface area contributed by atoms with Crippen molar-refractivity contribution in [2.45, 2.75) is 25.8 Å². The minimum Gasteiger partial charge on any atom is -0.481 e. The molecule has 1 amide bonds. The van der Waals surface area contributed by atoms with E-state index in [1.807, 2.05) is 23.1 Å². The van der Waals surface area contributed by atoms with Crippen molar-refractivity contribution in [2.24, 2.45) is 0 Å². The maximum absolute atomic E-state index is 12.8. The molecule has 4 nitrogen and oxygen atoms in total. The van der Waals surface area contributed by atoms with E-state index in [4.69, 9.17) is 4.74 Å². The van der Waals surface area contributed by atoms with Gasteiger partial charge in [-0.1, -0.05) is 18.2 Å². The van der Waals surface area contributed by atoms with Gasteiger partial charge in [0.1, 0.15) is 0 Å². The molecular weight excluding hydrogens is 264 g/mol. The number of amides is 1. The summed E-state index contributed by atoms with van der Waals surface area (Å²) in [6.07, 6.45) is 3.57. The first-order chi connectivity index (χ1) is 10.2. The van der Waals surface area contributed by atoms with Crippen molar-refractivity contribution in [3.05, 3.63) is 53.7 Å². The van der Waals surface area contributed by atoms with Crippen LogP contribution < -0.4 is 9.64 Å². The van der Waals surface area contributed by atoms with Crippen LogP contribution in [0.2, 0.25) is 0 Å². The van der Waals surface area contributed by atoms with E-state index in [1.165, 1.54) is 5.56 Å². The quantitative estimate of drug-likeness (QED) is 0.850. The Morgan fingerprint density at radius 3 is 2.81 bits per heavy atom. The molecule has 1 aromatic heterocycles. The molecule has 1 aromatic carbocycles. The molecule has 2 heterocycles. The van der Waals surface area contributed by atoms with Crippen molar-refractivity contribution in [3.63, 3.8) is 0 Å². The maximum atomic E-state index is 12.8. The summed E-state index contributed by atoms with van der Waals surface area (Å²) in [5.74, 6) is 0.503. The minimum absolute atomic E-state index is 0.00944. The van der Waals surface area contributed by atoms with E-state index in [-0.39, 0.29) is 11.9 Å². The molecular formula is C17H18N2O2. The number of carbonyl (C=O) groups excluding carboxylic acids is 1. The van der Waals surface area contributed by atoms with Gasteiger partial charge >= 0.3 is 0 Å². The first kappa shape index (κ1) is 13.6. The van der Waals surface area contributed by atoms with Crippen LogP contribution in [0.4, 0.5) is 5.69 Å². The molecule has 0 bridgehead atoms. The number of anilines is 1. The Labute approximate surface area is 124 Å². The minimum atomic E-state index is -0.00944. The number of benzene rings is 1. The maximum Gasteiger partial charge on any atom is 0.260 e. The summed E-state index contributed by atoms with van der Waals surface area (Å²) in [5, 5.41) is 0. The van der Waals surface area contributed by atoms with Gasteiger partial charge in [0.25, 0.3) is 5.91 Å². The first-order valence-corrected chi connectivity index (χ1v) is 7.12. The number of carbonyl (C=O) groups is 1. The van der Waals surface area contributed by atoms with E-state index in [0.717, 1.165) is 18.5 Å². The molecule has 1 atom stereocenters. The van der Waals surface area contributed by atoms with Gasteiger partial charge in [-0.05, 0) is 37.5 Å². The lowest BCUT2D eigenvalue weighted by molar-refractivity contribution is 0.0975. The molecule has 0 fully saturated rings. The molecule has 0 aliphatic carbocycles. The zero-order valence-corrected chi connectivity index (χ0v) is 12.2. The predicted octanol–water partition coefficient (Wildman–Crippen LogP) is 3.07. The third-order valence-corrected chi connectivity index (χ3v) is 3.93. The van der Waals surface area contributed by atoms with E-state index in [2.05, 4.69) is 18.0 Å². The third kappa shape index (κ3) is 2.49. The fourth-order valence-electron chi connectivity index (χ4n) is 2.76. The summed E-state index contributed by atoms with van der Waals surface area (Å²) in [4.78, 5) is 18.8. The molecule has 0 spiro atoms. The lowest BCUT2D eigenvalue weighted by atomic mass is 9.96. The standard InChI is InChI=1S/C17H18N2O2/c1-12-7-8-13-5-3-4-6-15(13)19(12)17(20)14-9-10-16(21-2)18-11-14/h3-6,9-12H,7-8H2,1-2H3. The SMILES string of the molecule is COc1ccc(C(=O)N2c3ccccc3CCC2C)cn1. The number of hydrogen-bond donors (Lipinski definition) is 0. The van der Waals surface area contributed by atoms with E-state index in [9.17, 15) is 4.79 Å². The number of fused-ring (bicyclic) bond motifs is 1. The second-order valence-corrected chi connectivity index (χ2v) is 5.28. The lowest BCUT2D eigenvalue weighted by Crippen LogP contribution is -2.42. The van der Waals surface area contributed by atoms with Gasteiger partial charge in [0.15, 0.2) is 0 Å². The molecule has 1 aliphatic heterocycles. The lowest BCUT2D eigenvalue weighted by Gasteiger charge is -2.35. The van der Waals surface area contributed by atoms with Crippen molar-refractivity contribution in [1.29, 1.82) is 0 Å². The van der Waals surface area contributed by atoms with Gasteiger partial charge in [0, 0.05) is 24.0 Å². The Bertz CT molecular complexity index is 652. The number of methoxy groups -OCH3 is 1. The smallest absolute Gasteiger partial charge is 0.260 e. The average molecular weight is 282 g/mol. The molecule has 2 aromatic rings. The zero-order chi connectivity index (χ0) is 14.8. The summed E-state index contributed by atoms with van der Waals surface area (Å²) in [5.41, 5.74) is 2.82. The number of nitrogens with zero attached hydrogens (tertiary/aromatic N) is 2. The highest BCUT2D eigenvalue weighted by molar-refractivity contribution is 6.07. The van der Waals surface area contributed by atoms with Crippen LogP contribution in [0.15, 0.2) is 42.6 Å². The van der Waals surface area contributed by atoms with Crippen molar-refractivity contribution >= 4 is 11.6 Å². The summed E-state index contributed by atoms with van der Waals surface area (Å²) in [7, 11) is 1.56. The van der Waals surface area contributed by atoms with Gasteiger partial charge < -0.3 is 9.64 Å². The highest BCUT2D eigenvalue weighted by Crippen LogP contribution is 2.31. The number of rotatable bonds is 2. The molecule has 0 saturated heterocycles. The molecule has 1 unspecified atom stereocenters. The topological polar surface area (TPSA) is 42.4 Å². The van der Waals surface area contributed by atoms with Gasteiger partial charge in [-0.2, -0.15) is 0 Å². The molecule has 3 rings (SSSR count). The molecule has 0 N–H and O–H groups in total. The van der Waals surface area contributed by atoms with Gasteiger partial charge in [0.2, 0.25) is 5.88 Å². The van der Waals surface area contributed by atoms with Crippen molar-refractivity contribution < 1.29 is 9.53 Å². The predicted molar refractivity (Wildman–Crippen MR) is 81.8 cm³/mol. The van der Waals surface area contributed by atoms with Crippen LogP contribution in [-0.2, 0) is 6.42 Å². The number of aromatic nitrogens is 1. The van der Waals surface area contributed by atoms with Gasteiger partial charge in [-0.3, -0.25) is 4.79 Å². The van der Waals surface area contributed by atoms with Crippen LogP contribution in [0.25, 0.3) is 0 Å². The highest BCUT2D eigenvalue weighted by Gasteiger charge is 2.28. The molecule has 108 valence electrons. The highest BCUT2D eigenvalue weighted by atomic mass is 16.5. The van der Waals surface area contributed by atoms with Gasteiger partial charge in [-0.25, -0.2) is 4.98 Å². The van der Waals surface area contributed by atoms with Crippen LogP contribution in [0, 0.1) is 0 Å². The van der Waals surface area contributed by atoms with Crippen LogP contribution in [0.3, 0.4) is 0 Å². The molecule has 21 heavy (non-hydrogen) atoms. The third-order valence-electron chi connectivity index (χ3n) is 3.93. The number of aryl methyl sites for hydroxylation is 1. The van der Waals surface area contributed by atoms with E-state index < -0.39 is 0 Å². The summed E-state index contributed by atoms with van der Waals surface area (Å²) in [6, 6.07) is 11.8. The van der Waals surface area contributed by atoms with Gasteiger partial charge in [0.05, 0.1) is 12.7 Å². The summed E-state index contributed by atoms with van der Waals surface area (Å²) >= 11 is 0. The number of hydrogen-bond acceptors (Lipinski definition) is 3. The molecule has 1 aliphatic rings. The van der Waals surface area contributed by atoms with Crippen LogP contribution in [-0.4, -0.2) is 24.0 Å². The largest absolute Gasteiger partial charge is 0.481 e. The van der Waals surface area contributed by atoms with Crippen molar-refractivity contribution in [3.8, 4) is 5.88 Å². The van der Waals surface area contributed by atoms with Crippen molar-refractivity contribution in [2.75, 3.05) is 12.0 Å². The van der Waals surface area contributed by atoms with E-state index in [0.29, 0.717) is 11.4 Å². The Hall–Kier alpha value is -2.36. The Balaban J connectivity index is 1.96. The Kier molecular flexibility index (Phi) is 3.60. The van der Waals surface area contributed by atoms with E-state index >= 15 is 0 Å². The molecule has 0 radical (unpaired) electrons. The average Bonchev–Trinajstić information content (AvgIpc) is 2.54. The fraction of sp³-hybridized carbons (Fsp3) is 0.294. The monoisotopic (exact) mass is 282 g/mol. The fourth-order valence-corrected chi connectivity index (χ4v) is 2.76. The second-order valence-electron chi connectivity index (χ2n) is 5.28. The number of pyridine rings is 1. The zero-order valence-electron chi connectivity index (χ0n) is 12.2. The second kappa shape index (κ2) is 5.56. The van der Waals surface area contributed by atoms with E-state index in [1.54, 1.807) is 25.4 Å². The van der Waals surface area contributed by atoms with Crippen LogP contribution in [0.5, 0.6) is 5.88 Å². The number of ether oxygens (including phenoxy) is 1. The summed E-state index contributed by atoms with van der Waals surface area (Å²) in [6.45, 7) is 2.09. The summed E-state index contributed by atoms with van der Waals surface area (Å²) < 4.78 is 5.04.